The molecule has 3 aliphatic heterocycles. The van der Waals surface area contributed by atoms with Gasteiger partial charge in [0.05, 0.1) is 13.2 Å². The van der Waals surface area contributed by atoms with Crippen molar-refractivity contribution < 1.29 is 4.74 Å². The number of ether oxygens (including phenoxy) is 1. The third-order valence-corrected chi connectivity index (χ3v) is 6.05. The van der Waals surface area contributed by atoms with Crippen LogP contribution in [0.2, 0.25) is 0 Å². The number of rotatable bonds is 1. The molecule has 8 nitrogen and oxygen atoms in total. The summed E-state index contributed by atoms with van der Waals surface area (Å²) in [4.78, 5) is 6.86. The monoisotopic (exact) mass is 355 g/mol. The van der Waals surface area contributed by atoms with Crippen molar-refractivity contribution in [2.75, 3.05) is 55.1 Å². The van der Waals surface area contributed by atoms with Crippen LogP contribution in [-0.2, 0) is 4.74 Å². The Morgan fingerprint density at radius 2 is 2.17 bits per heavy atom. The minimum Gasteiger partial charge on any atom is -0.378 e. The number of fused-ring (bicyclic) bond motifs is 1. The Morgan fingerprint density at radius 3 is 2.91 bits per heavy atom. The Kier molecular flexibility index (Phi) is 4.08. The van der Waals surface area contributed by atoms with E-state index in [4.69, 9.17) is 21.9 Å². The van der Waals surface area contributed by atoms with E-state index < -0.39 is 0 Å². The Bertz CT molecular complexity index is 595. The number of morpholine rings is 1. The molecule has 0 aliphatic carbocycles. The lowest BCUT2D eigenvalue weighted by molar-refractivity contribution is 0.122. The van der Waals surface area contributed by atoms with E-state index in [1.165, 1.54) is 5.75 Å². The summed E-state index contributed by atoms with van der Waals surface area (Å²) >= 11 is 7.51. The van der Waals surface area contributed by atoms with Crippen LogP contribution in [0.3, 0.4) is 0 Å². The molecule has 1 spiro atoms. The molecule has 2 saturated heterocycles. The van der Waals surface area contributed by atoms with Crippen molar-refractivity contribution in [2.24, 2.45) is 0 Å². The van der Waals surface area contributed by atoms with Crippen LogP contribution in [0.15, 0.2) is 0 Å². The largest absolute Gasteiger partial charge is 0.378 e. The van der Waals surface area contributed by atoms with Crippen LogP contribution in [0.5, 0.6) is 0 Å². The maximum atomic E-state index is 5.57. The van der Waals surface area contributed by atoms with Crippen molar-refractivity contribution in [2.45, 2.75) is 18.5 Å². The van der Waals surface area contributed by atoms with Crippen LogP contribution in [-0.4, -0.2) is 75.4 Å². The summed E-state index contributed by atoms with van der Waals surface area (Å²) in [6.45, 7) is 3.05. The van der Waals surface area contributed by atoms with Gasteiger partial charge in [-0.25, -0.2) is 5.43 Å². The van der Waals surface area contributed by atoms with Gasteiger partial charge >= 0.3 is 0 Å². The van der Waals surface area contributed by atoms with Gasteiger partial charge in [-0.3, -0.25) is 5.01 Å². The highest BCUT2D eigenvalue weighted by Crippen LogP contribution is 2.30. The highest BCUT2D eigenvalue weighted by atomic mass is 32.2. The molecule has 2 fully saturated rings. The van der Waals surface area contributed by atoms with Gasteiger partial charge in [0.25, 0.3) is 0 Å². The number of hydrogen-bond donors (Lipinski definition) is 2. The molecule has 0 amide bonds. The van der Waals surface area contributed by atoms with E-state index >= 15 is 0 Å². The second-order valence-electron chi connectivity index (χ2n) is 6.06. The van der Waals surface area contributed by atoms with Gasteiger partial charge in [-0.1, -0.05) is 0 Å². The number of hydrogen-bond acceptors (Lipinski definition) is 8. The molecule has 4 heterocycles. The van der Waals surface area contributed by atoms with Crippen LogP contribution in [0.4, 0.5) is 11.9 Å². The SMILES string of the molecule is CN1NC2(CCCSC2)Nc2nc(N3CCOCC3)nn2C1=S. The van der Waals surface area contributed by atoms with E-state index in [0.29, 0.717) is 24.3 Å². The summed E-state index contributed by atoms with van der Waals surface area (Å²) in [5, 5.41) is 10.7. The molecular weight excluding hydrogens is 334 g/mol. The summed E-state index contributed by atoms with van der Waals surface area (Å²) in [5.74, 6) is 3.60. The normalized spacial score (nSPS) is 28.5. The molecule has 0 aromatic carbocycles. The Balaban J connectivity index is 1.66. The number of nitrogens with one attached hydrogen (secondary N) is 2. The van der Waals surface area contributed by atoms with Gasteiger partial charge in [-0.15, -0.1) is 5.10 Å². The molecule has 1 aromatic heterocycles. The number of hydrazine groups is 1. The number of aromatic nitrogens is 3. The molecule has 0 bridgehead atoms. The van der Waals surface area contributed by atoms with Gasteiger partial charge in [0.15, 0.2) is 0 Å². The molecule has 3 aliphatic rings. The maximum absolute atomic E-state index is 5.57. The third kappa shape index (κ3) is 2.88. The first-order valence-electron chi connectivity index (χ1n) is 7.88. The first-order chi connectivity index (χ1) is 11.2. The lowest BCUT2D eigenvalue weighted by atomic mass is 10.1. The summed E-state index contributed by atoms with van der Waals surface area (Å²) in [5.41, 5.74) is 3.28. The van der Waals surface area contributed by atoms with Crippen LogP contribution < -0.4 is 15.6 Å². The lowest BCUT2D eigenvalue weighted by Gasteiger charge is -2.39. The lowest BCUT2D eigenvalue weighted by Crippen LogP contribution is -2.60. The average molecular weight is 355 g/mol. The minimum atomic E-state index is -0.217. The van der Waals surface area contributed by atoms with Gasteiger partial charge < -0.3 is 15.0 Å². The van der Waals surface area contributed by atoms with Crippen molar-refractivity contribution >= 4 is 41.0 Å². The molecule has 126 valence electrons. The van der Waals surface area contributed by atoms with E-state index in [0.717, 1.165) is 37.6 Å². The quantitative estimate of drug-likeness (QED) is 0.694. The predicted octanol–water partition coefficient (Wildman–Crippen LogP) is 0.333. The summed E-state index contributed by atoms with van der Waals surface area (Å²) in [6.07, 6.45) is 2.20. The summed E-state index contributed by atoms with van der Waals surface area (Å²) < 4.78 is 7.13. The van der Waals surface area contributed by atoms with Gasteiger partial charge in [0.1, 0.15) is 5.66 Å². The number of thioether (sulfide) groups is 1. The second kappa shape index (κ2) is 6.08. The smallest absolute Gasteiger partial charge is 0.247 e. The van der Waals surface area contributed by atoms with Gasteiger partial charge in [-0.2, -0.15) is 21.4 Å². The third-order valence-electron chi connectivity index (χ3n) is 4.33. The second-order valence-corrected chi connectivity index (χ2v) is 7.53. The van der Waals surface area contributed by atoms with Gasteiger partial charge in [0, 0.05) is 25.9 Å². The van der Waals surface area contributed by atoms with Crippen LogP contribution in [0, 0.1) is 0 Å². The van der Waals surface area contributed by atoms with Crippen molar-refractivity contribution in [3.63, 3.8) is 0 Å². The van der Waals surface area contributed by atoms with E-state index in [-0.39, 0.29) is 5.66 Å². The molecule has 23 heavy (non-hydrogen) atoms. The van der Waals surface area contributed by atoms with Crippen molar-refractivity contribution in [3.05, 3.63) is 0 Å². The fourth-order valence-electron chi connectivity index (χ4n) is 3.15. The standard InChI is InChI=1S/C13H21N7OS2/c1-18-12(22)20-10(15-13(17-18)3-2-8-23-9-13)14-11(16-20)19-4-6-21-7-5-19/h17H,2-9H2,1H3,(H,14,15,16). The molecule has 0 radical (unpaired) electrons. The number of thiocarbonyl (C=S) groups is 1. The number of anilines is 2. The average Bonchev–Trinajstić information content (AvgIpc) is 2.95. The van der Waals surface area contributed by atoms with Crippen LogP contribution in [0.25, 0.3) is 0 Å². The first-order valence-corrected chi connectivity index (χ1v) is 9.45. The van der Waals surface area contributed by atoms with E-state index in [2.05, 4.69) is 20.7 Å². The highest BCUT2D eigenvalue weighted by Gasteiger charge is 2.39. The zero-order chi connectivity index (χ0) is 15.9. The maximum Gasteiger partial charge on any atom is 0.247 e. The summed E-state index contributed by atoms with van der Waals surface area (Å²) in [7, 11) is 1.94. The Morgan fingerprint density at radius 1 is 1.35 bits per heavy atom. The van der Waals surface area contributed by atoms with Gasteiger partial charge in [0.2, 0.25) is 17.0 Å². The van der Waals surface area contributed by atoms with E-state index in [1.807, 2.05) is 23.8 Å². The molecule has 1 atom stereocenters. The molecule has 1 unspecified atom stereocenters. The first kappa shape index (κ1) is 15.4. The van der Waals surface area contributed by atoms with Crippen molar-refractivity contribution in [1.29, 1.82) is 0 Å². The van der Waals surface area contributed by atoms with Crippen molar-refractivity contribution in [1.82, 2.24) is 25.2 Å². The van der Waals surface area contributed by atoms with E-state index in [9.17, 15) is 0 Å². The molecule has 4 rings (SSSR count). The number of nitrogens with zero attached hydrogens (tertiary/aromatic N) is 5. The fraction of sp³-hybridized carbons (Fsp3) is 0.769. The minimum absolute atomic E-state index is 0.217. The van der Waals surface area contributed by atoms with Crippen LogP contribution in [0.1, 0.15) is 12.8 Å². The van der Waals surface area contributed by atoms with E-state index in [1.54, 1.807) is 4.68 Å². The zero-order valence-corrected chi connectivity index (χ0v) is 14.8. The molecular formula is C13H21N7OS2. The Labute approximate surface area is 144 Å². The highest BCUT2D eigenvalue weighted by molar-refractivity contribution is 7.99. The molecule has 2 N–H and O–H groups in total. The summed E-state index contributed by atoms with van der Waals surface area (Å²) in [6, 6.07) is 0. The van der Waals surface area contributed by atoms with Crippen LogP contribution >= 0.6 is 24.0 Å². The van der Waals surface area contributed by atoms with Crippen molar-refractivity contribution in [3.8, 4) is 0 Å². The molecule has 0 saturated carbocycles. The predicted molar refractivity (Wildman–Crippen MR) is 94.9 cm³/mol. The Hall–Kier alpha value is -1.10. The molecule has 1 aromatic rings. The fourth-order valence-corrected chi connectivity index (χ4v) is 4.44. The topological polar surface area (TPSA) is 70.5 Å². The zero-order valence-electron chi connectivity index (χ0n) is 13.1. The molecule has 10 heteroatoms. The van der Waals surface area contributed by atoms with Gasteiger partial charge in [-0.05, 0) is 30.8 Å².